The van der Waals surface area contributed by atoms with Gasteiger partial charge in [-0.1, -0.05) is 12.1 Å². The summed E-state index contributed by atoms with van der Waals surface area (Å²) in [6.45, 7) is 5.98. The number of nitrogens with zero attached hydrogens (tertiary/aromatic N) is 3. The number of aromatic nitrogens is 3. The molecule has 10 heteroatoms. The van der Waals surface area contributed by atoms with Gasteiger partial charge >= 0.3 is 0 Å². The zero-order valence-corrected chi connectivity index (χ0v) is 21.3. The number of fused-ring (bicyclic) bond motifs is 1. The molecule has 0 radical (unpaired) electrons. The lowest BCUT2D eigenvalue weighted by atomic mass is 10.1. The number of pyridine rings is 1. The van der Waals surface area contributed by atoms with Crippen molar-refractivity contribution in [2.75, 3.05) is 11.6 Å². The number of anilines is 1. The van der Waals surface area contributed by atoms with Gasteiger partial charge in [-0.05, 0) is 56.2 Å². The number of hydrogen-bond donors (Lipinski definition) is 1. The third-order valence-electron chi connectivity index (χ3n) is 5.35. The van der Waals surface area contributed by atoms with E-state index in [-0.39, 0.29) is 34.9 Å². The Labute approximate surface area is 209 Å². The molecule has 2 aromatic carbocycles. The molecule has 2 aromatic heterocycles. The predicted molar refractivity (Wildman–Crippen MR) is 136 cm³/mol. The second-order valence-electron chi connectivity index (χ2n) is 9.66. The van der Waals surface area contributed by atoms with Crippen LogP contribution in [0.25, 0.3) is 10.9 Å². The molecule has 0 atom stereocenters. The Morgan fingerprint density at radius 1 is 1.14 bits per heavy atom. The number of carbonyl (C=O) groups is 1. The molecule has 0 spiro atoms. The van der Waals surface area contributed by atoms with Gasteiger partial charge in [-0.25, -0.2) is 12.8 Å². The highest BCUT2D eigenvalue weighted by molar-refractivity contribution is 7.89. The lowest BCUT2D eigenvalue weighted by Gasteiger charge is -2.18. The number of amides is 1. The minimum atomic E-state index is -3.21. The number of sulfone groups is 1. The van der Waals surface area contributed by atoms with Crippen molar-refractivity contribution in [3.8, 4) is 11.5 Å². The molecule has 0 unspecified atom stereocenters. The van der Waals surface area contributed by atoms with Gasteiger partial charge < -0.3 is 10.1 Å². The van der Waals surface area contributed by atoms with Crippen LogP contribution in [0.15, 0.2) is 61.1 Å². The predicted octanol–water partition coefficient (Wildman–Crippen LogP) is 4.84. The van der Waals surface area contributed by atoms with E-state index in [0.717, 1.165) is 0 Å². The zero-order chi connectivity index (χ0) is 26.1. The summed E-state index contributed by atoms with van der Waals surface area (Å²) in [5.74, 6) is -0.404. The van der Waals surface area contributed by atoms with E-state index in [1.807, 2.05) is 20.8 Å². The van der Waals surface area contributed by atoms with Crippen LogP contribution in [0.2, 0.25) is 0 Å². The fraction of sp³-hybridized carbons (Fsp3) is 0.269. The van der Waals surface area contributed by atoms with Gasteiger partial charge in [-0.2, -0.15) is 5.10 Å². The Hall–Kier alpha value is -3.79. The van der Waals surface area contributed by atoms with Crippen molar-refractivity contribution in [1.82, 2.24) is 14.8 Å². The SMILES string of the molecule is CC(C)(C)n1cc(NC(=O)Cc2ccc(Oc3ccnc4ccc(CS(C)(=O)=O)cc34)cc2F)cn1. The van der Waals surface area contributed by atoms with Crippen molar-refractivity contribution in [3.05, 3.63) is 78.0 Å². The van der Waals surface area contributed by atoms with E-state index in [9.17, 15) is 17.6 Å². The molecule has 0 fully saturated rings. The van der Waals surface area contributed by atoms with Gasteiger partial charge in [-0.15, -0.1) is 0 Å². The van der Waals surface area contributed by atoms with Gasteiger partial charge in [0.2, 0.25) is 5.91 Å². The highest BCUT2D eigenvalue weighted by Crippen LogP contribution is 2.31. The first-order chi connectivity index (χ1) is 16.9. The van der Waals surface area contributed by atoms with E-state index in [0.29, 0.717) is 27.9 Å². The van der Waals surface area contributed by atoms with E-state index in [1.54, 1.807) is 53.6 Å². The summed E-state index contributed by atoms with van der Waals surface area (Å²) < 4.78 is 45.8. The molecule has 0 saturated carbocycles. The van der Waals surface area contributed by atoms with Gasteiger partial charge in [-0.3, -0.25) is 14.5 Å². The number of halogens is 1. The van der Waals surface area contributed by atoms with Crippen LogP contribution in [-0.2, 0) is 32.3 Å². The largest absolute Gasteiger partial charge is 0.456 e. The molecule has 0 bridgehead atoms. The van der Waals surface area contributed by atoms with E-state index >= 15 is 0 Å². The molecule has 188 valence electrons. The number of rotatable bonds is 7. The molecule has 0 aliphatic carbocycles. The smallest absolute Gasteiger partial charge is 0.228 e. The number of hydrogen-bond acceptors (Lipinski definition) is 6. The second kappa shape index (κ2) is 9.69. The van der Waals surface area contributed by atoms with Gasteiger partial charge in [0.05, 0.1) is 35.1 Å². The minimum Gasteiger partial charge on any atom is -0.456 e. The van der Waals surface area contributed by atoms with E-state index in [4.69, 9.17) is 4.74 Å². The van der Waals surface area contributed by atoms with Gasteiger partial charge in [0.25, 0.3) is 0 Å². The lowest BCUT2D eigenvalue weighted by Crippen LogP contribution is -2.22. The highest BCUT2D eigenvalue weighted by atomic mass is 32.2. The van der Waals surface area contributed by atoms with Crippen LogP contribution in [-0.4, -0.2) is 35.3 Å². The van der Waals surface area contributed by atoms with Gasteiger partial charge in [0.15, 0.2) is 9.84 Å². The van der Waals surface area contributed by atoms with Crippen molar-refractivity contribution >= 4 is 32.3 Å². The molecule has 1 amide bonds. The van der Waals surface area contributed by atoms with Gasteiger partial charge in [0, 0.05) is 30.1 Å². The summed E-state index contributed by atoms with van der Waals surface area (Å²) in [5, 5.41) is 7.58. The molecular weight excluding hydrogens is 483 g/mol. The van der Waals surface area contributed by atoms with Crippen molar-refractivity contribution in [1.29, 1.82) is 0 Å². The fourth-order valence-electron chi connectivity index (χ4n) is 3.64. The Balaban J connectivity index is 1.49. The van der Waals surface area contributed by atoms with Crippen LogP contribution in [0.1, 0.15) is 31.9 Å². The zero-order valence-electron chi connectivity index (χ0n) is 20.4. The highest BCUT2D eigenvalue weighted by Gasteiger charge is 2.16. The monoisotopic (exact) mass is 510 g/mol. The molecule has 4 rings (SSSR count). The molecule has 36 heavy (non-hydrogen) atoms. The molecule has 4 aromatic rings. The molecule has 2 heterocycles. The molecular formula is C26H27FN4O4S. The average Bonchev–Trinajstić information content (AvgIpc) is 3.24. The third kappa shape index (κ3) is 6.25. The van der Waals surface area contributed by atoms with Gasteiger partial charge in [0.1, 0.15) is 17.3 Å². The van der Waals surface area contributed by atoms with Crippen LogP contribution in [0.5, 0.6) is 11.5 Å². The van der Waals surface area contributed by atoms with Crippen molar-refractivity contribution < 1.29 is 22.3 Å². The molecule has 0 aliphatic rings. The first kappa shape index (κ1) is 25.3. The molecule has 1 N–H and O–H groups in total. The molecule has 8 nitrogen and oxygen atoms in total. The lowest BCUT2D eigenvalue weighted by molar-refractivity contribution is -0.115. The Kier molecular flexibility index (Phi) is 6.81. The summed E-state index contributed by atoms with van der Waals surface area (Å²) in [6.07, 6.45) is 5.86. The van der Waals surface area contributed by atoms with Crippen molar-refractivity contribution in [2.45, 2.75) is 38.5 Å². The van der Waals surface area contributed by atoms with E-state index < -0.39 is 15.7 Å². The standard InChI is InChI=1S/C26H27FN4O4S/c1-26(2,3)31-15-19(14-29-31)30-25(32)12-18-6-7-20(13-22(18)27)35-24-9-10-28-23-8-5-17(11-21(23)24)16-36(4,33)34/h5-11,13-15H,12,16H2,1-4H3,(H,30,32). The topological polar surface area (TPSA) is 103 Å². The van der Waals surface area contributed by atoms with E-state index in [1.165, 1.54) is 18.4 Å². The Morgan fingerprint density at radius 2 is 1.92 bits per heavy atom. The molecule has 0 saturated heterocycles. The first-order valence-corrected chi connectivity index (χ1v) is 13.3. The minimum absolute atomic E-state index is 0.111. The third-order valence-corrected chi connectivity index (χ3v) is 6.21. The van der Waals surface area contributed by atoms with Crippen LogP contribution < -0.4 is 10.1 Å². The van der Waals surface area contributed by atoms with Crippen LogP contribution >= 0.6 is 0 Å². The second-order valence-corrected chi connectivity index (χ2v) is 11.8. The van der Waals surface area contributed by atoms with Crippen LogP contribution in [0.3, 0.4) is 0 Å². The Bertz CT molecular complexity index is 1540. The maximum absolute atomic E-state index is 14.8. The van der Waals surface area contributed by atoms with Crippen molar-refractivity contribution in [2.24, 2.45) is 0 Å². The maximum Gasteiger partial charge on any atom is 0.228 e. The summed E-state index contributed by atoms with van der Waals surface area (Å²) in [4.78, 5) is 16.7. The average molecular weight is 511 g/mol. The first-order valence-electron chi connectivity index (χ1n) is 11.2. The number of carbonyl (C=O) groups excluding carboxylic acids is 1. The van der Waals surface area contributed by atoms with Crippen LogP contribution in [0.4, 0.5) is 10.1 Å². The fourth-order valence-corrected chi connectivity index (χ4v) is 4.43. The number of nitrogens with one attached hydrogen (secondary N) is 1. The maximum atomic E-state index is 14.8. The molecule has 0 aliphatic heterocycles. The van der Waals surface area contributed by atoms with Crippen molar-refractivity contribution in [3.63, 3.8) is 0 Å². The summed E-state index contributed by atoms with van der Waals surface area (Å²) in [6, 6.07) is 11.0. The summed E-state index contributed by atoms with van der Waals surface area (Å²) in [7, 11) is -3.21. The Morgan fingerprint density at radius 3 is 2.58 bits per heavy atom. The number of benzene rings is 2. The van der Waals surface area contributed by atoms with Crippen LogP contribution in [0, 0.1) is 5.82 Å². The quantitative estimate of drug-likeness (QED) is 0.382. The summed E-state index contributed by atoms with van der Waals surface area (Å²) >= 11 is 0. The normalized spacial score (nSPS) is 12.0. The summed E-state index contributed by atoms with van der Waals surface area (Å²) in [5.41, 5.74) is 1.75. The number of ether oxygens (including phenoxy) is 1. The van der Waals surface area contributed by atoms with E-state index in [2.05, 4.69) is 15.4 Å².